The maximum absolute atomic E-state index is 12.9. The standard InChI is InChI=1S/C23H29N3O7S/c1-16-4-7-18(8-5-16)34(29,30)26-12-13-33-21(26)15-25-23(28)22(27)24-11-10-17-6-9-19(31-2)20(14-17)32-3/h4-9,14,21H,10-13,15H2,1-3H3,(H,24,27)(H,25,28)/t21-/m1/s1. The number of hydrogen-bond acceptors (Lipinski definition) is 7. The van der Waals surface area contributed by atoms with Gasteiger partial charge in [0.15, 0.2) is 11.5 Å². The Kier molecular flexibility index (Phi) is 8.48. The highest BCUT2D eigenvalue weighted by molar-refractivity contribution is 7.89. The first kappa shape index (κ1) is 25.5. The van der Waals surface area contributed by atoms with Crippen LogP contribution in [-0.4, -0.2) is 71.2 Å². The van der Waals surface area contributed by atoms with Gasteiger partial charge >= 0.3 is 11.8 Å². The van der Waals surface area contributed by atoms with Crippen LogP contribution in [0.15, 0.2) is 47.4 Å². The number of hydrogen-bond donors (Lipinski definition) is 2. The van der Waals surface area contributed by atoms with Crippen molar-refractivity contribution in [2.24, 2.45) is 0 Å². The van der Waals surface area contributed by atoms with Crippen LogP contribution in [0.5, 0.6) is 11.5 Å². The fraction of sp³-hybridized carbons (Fsp3) is 0.391. The molecule has 1 fully saturated rings. The highest BCUT2D eigenvalue weighted by Crippen LogP contribution is 2.27. The number of aryl methyl sites for hydroxylation is 1. The van der Waals surface area contributed by atoms with Gasteiger partial charge in [0, 0.05) is 13.1 Å². The molecule has 0 aliphatic carbocycles. The first-order valence-electron chi connectivity index (χ1n) is 10.7. The third-order valence-corrected chi connectivity index (χ3v) is 7.26. The molecule has 1 atom stereocenters. The van der Waals surface area contributed by atoms with Crippen LogP contribution in [0.2, 0.25) is 0 Å². The summed E-state index contributed by atoms with van der Waals surface area (Å²) >= 11 is 0. The van der Waals surface area contributed by atoms with Crippen LogP contribution in [0.3, 0.4) is 0 Å². The second-order valence-electron chi connectivity index (χ2n) is 7.66. The number of benzene rings is 2. The van der Waals surface area contributed by atoms with E-state index in [1.54, 1.807) is 31.4 Å². The minimum Gasteiger partial charge on any atom is -0.493 e. The van der Waals surface area contributed by atoms with E-state index in [0.717, 1.165) is 11.1 Å². The Morgan fingerprint density at radius 1 is 1.03 bits per heavy atom. The monoisotopic (exact) mass is 491 g/mol. The number of ether oxygens (including phenoxy) is 3. The second kappa shape index (κ2) is 11.3. The van der Waals surface area contributed by atoms with E-state index in [9.17, 15) is 18.0 Å². The summed E-state index contributed by atoms with van der Waals surface area (Å²) in [6.45, 7) is 2.31. The lowest BCUT2D eigenvalue weighted by Gasteiger charge is -2.22. The summed E-state index contributed by atoms with van der Waals surface area (Å²) in [7, 11) is -0.709. The van der Waals surface area contributed by atoms with Gasteiger partial charge in [0.1, 0.15) is 6.23 Å². The molecule has 34 heavy (non-hydrogen) atoms. The topological polar surface area (TPSA) is 123 Å². The highest BCUT2D eigenvalue weighted by atomic mass is 32.2. The van der Waals surface area contributed by atoms with E-state index in [2.05, 4.69) is 10.6 Å². The molecule has 1 aliphatic rings. The molecule has 1 aliphatic heterocycles. The van der Waals surface area contributed by atoms with Crippen LogP contribution in [0.1, 0.15) is 11.1 Å². The van der Waals surface area contributed by atoms with Crippen LogP contribution >= 0.6 is 0 Å². The van der Waals surface area contributed by atoms with Gasteiger partial charge in [-0.25, -0.2) is 8.42 Å². The summed E-state index contributed by atoms with van der Waals surface area (Å²) in [6.07, 6.45) is -0.414. The molecule has 11 heteroatoms. The van der Waals surface area contributed by atoms with Gasteiger partial charge in [-0.1, -0.05) is 23.8 Å². The SMILES string of the molecule is COc1ccc(CCNC(=O)C(=O)NC[C@H]2OCCN2S(=O)(=O)c2ccc(C)cc2)cc1OC. The molecule has 0 saturated carbocycles. The Morgan fingerprint density at radius 2 is 1.71 bits per heavy atom. The zero-order valence-corrected chi connectivity index (χ0v) is 20.2. The molecule has 0 unspecified atom stereocenters. The van der Waals surface area contributed by atoms with Crippen molar-refractivity contribution >= 4 is 21.8 Å². The molecule has 2 aromatic carbocycles. The van der Waals surface area contributed by atoms with Gasteiger partial charge in [0.25, 0.3) is 0 Å². The third kappa shape index (κ3) is 6.04. The highest BCUT2D eigenvalue weighted by Gasteiger charge is 2.36. The molecule has 1 heterocycles. The van der Waals surface area contributed by atoms with Crippen molar-refractivity contribution in [1.82, 2.24) is 14.9 Å². The summed E-state index contributed by atoms with van der Waals surface area (Å²) in [6, 6.07) is 11.9. The van der Waals surface area contributed by atoms with E-state index in [4.69, 9.17) is 14.2 Å². The predicted molar refractivity (Wildman–Crippen MR) is 124 cm³/mol. The molecule has 184 valence electrons. The number of sulfonamides is 1. The number of carbonyl (C=O) groups excluding carboxylic acids is 2. The fourth-order valence-electron chi connectivity index (χ4n) is 3.48. The first-order chi connectivity index (χ1) is 16.3. The molecule has 0 bridgehead atoms. The van der Waals surface area contributed by atoms with E-state index in [0.29, 0.717) is 17.9 Å². The maximum Gasteiger partial charge on any atom is 0.309 e. The van der Waals surface area contributed by atoms with Crippen LogP contribution in [-0.2, 0) is 30.8 Å². The van der Waals surface area contributed by atoms with Crippen LogP contribution in [0.25, 0.3) is 0 Å². The average Bonchev–Trinajstić information content (AvgIpc) is 3.32. The van der Waals surface area contributed by atoms with E-state index >= 15 is 0 Å². The molecule has 2 aromatic rings. The summed E-state index contributed by atoms with van der Waals surface area (Å²) in [5, 5.41) is 5.00. The fourth-order valence-corrected chi connectivity index (χ4v) is 4.99. The Morgan fingerprint density at radius 3 is 2.38 bits per heavy atom. The molecular formula is C23H29N3O7S. The van der Waals surface area contributed by atoms with E-state index in [-0.39, 0.29) is 31.1 Å². The number of amides is 2. The minimum atomic E-state index is -3.79. The van der Waals surface area contributed by atoms with Gasteiger partial charge in [-0.2, -0.15) is 4.31 Å². The van der Waals surface area contributed by atoms with Gasteiger partial charge in [-0.15, -0.1) is 0 Å². The molecule has 0 radical (unpaired) electrons. The van der Waals surface area contributed by atoms with Crippen LogP contribution in [0.4, 0.5) is 0 Å². The lowest BCUT2D eigenvalue weighted by molar-refractivity contribution is -0.139. The summed E-state index contributed by atoms with van der Waals surface area (Å²) in [5.41, 5.74) is 1.84. The number of nitrogens with zero attached hydrogens (tertiary/aromatic N) is 1. The first-order valence-corrected chi connectivity index (χ1v) is 12.2. The van der Waals surface area contributed by atoms with Crippen LogP contribution in [0, 0.1) is 6.92 Å². The van der Waals surface area contributed by atoms with Crippen LogP contribution < -0.4 is 20.1 Å². The molecule has 1 saturated heterocycles. The van der Waals surface area contributed by atoms with Gasteiger partial charge < -0.3 is 24.8 Å². The van der Waals surface area contributed by atoms with Gasteiger partial charge in [-0.05, 0) is 43.2 Å². The lowest BCUT2D eigenvalue weighted by atomic mass is 10.1. The van der Waals surface area contributed by atoms with Crippen molar-refractivity contribution < 1.29 is 32.2 Å². The number of methoxy groups -OCH3 is 2. The summed E-state index contributed by atoms with van der Waals surface area (Å²) in [5.74, 6) is -0.505. The Labute approximate surface area is 199 Å². The zero-order chi connectivity index (χ0) is 24.7. The molecule has 0 spiro atoms. The van der Waals surface area contributed by atoms with Crippen molar-refractivity contribution in [2.45, 2.75) is 24.5 Å². The Bertz CT molecular complexity index is 1120. The Hall–Kier alpha value is -3.15. The van der Waals surface area contributed by atoms with Gasteiger partial charge in [0.05, 0.1) is 32.3 Å². The van der Waals surface area contributed by atoms with Crippen molar-refractivity contribution in [3.8, 4) is 11.5 Å². The number of carbonyl (C=O) groups is 2. The van der Waals surface area contributed by atoms with E-state index in [1.165, 1.54) is 23.5 Å². The van der Waals surface area contributed by atoms with E-state index < -0.39 is 28.1 Å². The average molecular weight is 492 g/mol. The minimum absolute atomic E-state index is 0.146. The smallest absolute Gasteiger partial charge is 0.309 e. The normalized spacial score (nSPS) is 16.1. The van der Waals surface area contributed by atoms with Crippen molar-refractivity contribution in [3.63, 3.8) is 0 Å². The predicted octanol–water partition coefficient (Wildman–Crippen LogP) is 0.834. The summed E-state index contributed by atoms with van der Waals surface area (Å²) in [4.78, 5) is 24.5. The quantitative estimate of drug-likeness (QED) is 0.498. The van der Waals surface area contributed by atoms with Gasteiger partial charge in [-0.3, -0.25) is 9.59 Å². The van der Waals surface area contributed by atoms with Crippen molar-refractivity contribution in [2.75, 3.05) is 40.5 Å². The lowest BCUT2D eigenvalue weighted by Crippen LogP contribution is -2.47. The zero-order valence-electron chi connectivity index (χ0n) is 19.4. The maximum atomic E-state index is 12.9. The van der Waals surface area contributed by atoms with Gasteiger partial charge in [0.2, 0.25) is 10.0 Å². The molecule has 3 rings (SSSR count). The number of rotatable bonds is 9. The molecule has 2 N–H and O–H groups in total. The molecule has 10 nitrogen and oxygen atoms in total. The van der Waals surface area contributed by atoms with Crippen molar-refractivity contribution in [3.05, 3.63) is 53.6 Å². The summed E-state index contributed by atoms with van der Waals surface area (Å²) < 4.78 is 43.0. The van der Waals surface area contributed by atoms with Crippen molar-refractivity contribution in [1.29, 1.82) is 0 Å². The van der Waals surface area contributed by atoms with E-state index in [1.807, 2.05) is 13.0 Å². The molecule has 2 amide bonds. The molecular weight excluding hydrogens is 462 g/mol. The molecule has 0 aromatic heterocycles. The Balaban J connectivity index is 1.49. The third-order valence-electron chi connectivity index (χ3n) is 5.36. The largest absolute Gasteiger partial charge is 0.493 e. The second-order valence-corrected chi connectivity index (χ2v) is 9.55. The number of nitrogens with one attached hydrogen (secondary N) is 2.